The smallest absolute Gasteiger partial charge is 0.193 e. The van der Waals surface area contributed by atoms with E-state index in [4.69, 9.17) is 5.73 Å². The number of nitrogens with one attached hydrogen (secondary N) is 1. The molecule has 4 heteroatoms. The molecular weight excluding hydrogens is 230 g/mol. The van der Waals surface area contributed by atoms with Crippen LogP contribution in [-0.2, 0) is 0 Å². The van der Waals surface area contributed by atoms with E-state index in [-0.39, 0.29) is 0 Å². The zero-order valence-corrected chi connectivity index (χ0v) is 11.4. The summed E-state index contributed by atoms with van der Waals surface area (Å²) < 4.78 is 0. The Kier molecular flexibility index (Phi) is 6.55. The first-order valence-corrected chi connectivity index (χ1v) is 7.24. The van der Waals surface area contributed by atoms with Crippen molar-refractivity contribution >= 4 is 23.4 Å². The standard InChI is InChI=1S/C13H21N3S/c1-11-6-5-7-12(10-11)16-13(14)15-8-3-4-9-17-2/h5-7,10H,3-4,8-9H2,1-2H3,(H3,14,15,16). The first kappa shape index (κ1) is 13.9. The summed E-state index contributed by atoms with van der Waals surface area (Å²) in [6.45, 7) is 2.85. The minimum atomic E-state index is 0.500. The van der Waals surface area contributed by atoms with Crippen molar-refractivity contribution in [2.24, 2.45) is 10.7 Å². The van der Waals surface area contributed by atoms with Gasteiger partial charge in [0.15, 0.2) is 5.96 Å². The minimum absolute atomic E-state index is 0.500. The Balaban J connectivity index is 2.33. The van der Waals surface area contributed by atoms with Crippen LogP contribution in [0.4, 0.5) is 5.69 Å². The Labute approximate surface area is 108 Å². The van der Waals surface area contributed by atoms with Crippen LogP contribution < -0.4 is 11.1 Å². The molecule has 0 radical (unpaired) electrons. The number of unbranched alkanes of at least 4 members (excludes halogenated alkanes) is 1. The maximum absolute atomic E-state index is 5.80. The number of aliphatic imine (C=N–C) groups is 1. The zero-order valence-electron chi connectivity index (χ0n) is 10.6. The van der Waals surface area contributed by atoms with Crippen LogP contribution in [0, 0.1) is 6.92 Å². The van der Waals surface area contributed by atoms with E-state index >= 15 is 0 Å². The number of hydrogen-bond acceptors (Lipinski definition) is 2. The lowest BCUT2D eigenvalue weighted by Crippen LogP contribution is -2.22. The molecule has 0 heterocycles. The van der Waals surface area contributed by atoms with E-state index in [0.717, 1.165) is 18.7 Å². The van der Waals surface area contributed by atoms with E-state index < -0.39 is 0 Å². The summed E-state index contributed by atoms with van der Waals surface area (Å²) in [6, 6.07) is 8.10. The van der Waals surface area contributed by atoms with Gasteiger partial charge in [0.1, 0.15) is 0 Å². The predicted molar refractivity (Wildman–Crippen MR) is 78.9 cm³/mol. The third-order valence-electron chi connectivity index (χ3n) is 2.33. The average Bonchev–Trinajstić information content (AvgIpc) is 2.29. The van der Waals surface area contributed by atoms with E-state index in [9.17, 15) is 0 Å². The number of aryl methyl sites for hydroxylation is 1. The minimum Gasteiger partial charge on any atom is -0.370 e. The molecule has 17 heavy (non-hydrogen) atoms. The van der Waals surface area contributed by atoms with Crippen LogP contribution in [0.3, 0.4) is 0 Å². The summed E-state index contributed by atoms with van der Waals surface area (Å²) in [7, 11) is 0. The number of hydrogen-bond donors (Lipinski definition) is 2. The molecule has 1 rings (SSSR count). The molecule has 1 aromatic carbocycles. The van der Waals surface area contributed by atoms with Crippen LogP contribution >= 0.6 is 11.8 Å². The monoisotopic (exact) mass is 251 g/mol. The lowest BCUT2D eigenvalue weighted by atomic mass is 10.2. The molecule has 3 N–H and O–H groups in total. The van der Waals surface area contributed by atoms with E-state index in [1.165, 1.54) is 17.7 Å². The molecule has 0 bridgehead atoms. The molecule has 0 saturated heterocycles. The molecule has 0 fully saturated rings. The third-order valence-corrected chi connectivity index (χ3v) is 3.03. The first-order valence-electron chi connectivity index (χ1n) is 5.85. The van der Waals surface area contributed by atoms with Gasteiger partial charge in [-0.15, -0.1) is 0 Å². The first-order chi connectivity index (χ1) is 8.22. The second-order valence-electron chi connectivity index (χ2n) is 3.96. The quantitative estimate of drug-likeness (QED) is 0.464. The van der Waals surface area contributed by atoms with E-state index in [0.29, 0.717) is 5.96 Å². The average molecular weight is 251 g/mol. The van der Waals surface area contributed by atoms with E-state index in [2.05, 4.69) is 35.6 Å². The second kappa shape index (κ2) is 8.01. The van der Waals surface area contributed by atoms with Gasteiger partial charge >= 0.3 is 0 Å². The van der Waals surface area contributed by atoms with Gasteiger partial charge in [0.2, 0.25) is 0 Å². The van der Waals surface area contributed by atoms with Gasteiger partial charge in [0.25, 0.3) is 0 Å². The molecule has 0 saturated carbocycles. The Morgan fingerprint density at radius 3 is 2.94 bits per heavy atom. The van der Waals surface area contributed by atoms with Gasteiger partial charge in [-0.05, 0) is 49.5 Å². The zero-order chi connectivity index (χ0) is 12.5. The van der Waals surface area contributed by atoms with Crippen molar-refractivity contribution in [3.05, 3.63) is 29.8 Å². The van der Waals surface area contributed by atoms with Gasteiger partial charge in [0.05, 0.1) is 0 Å². The van der Waals surface area contributed by atoms with Crippen LogP contribution in [0.5, 0.6) is 0 Å². The van der Waals surface area contributed by atoms with Crippen molar-refractivity contribution in [1.29, 1.82) is 0 Å². The molecule has 1 aromatic rings. The Morgan fingerprint density at radius 2 is 2.24 bits per heavy atom. The molecule has 0 spiro atoms. The summed E-state index contributed by atoms with van der Waals surface area (Å²) in [5.74, 6) is 1.69. The molecule has 0 unspecified atom stereocenters. The van der Waals surface area contributed by atoms with Crippen LogP contribution in [0.15, 0.2) is 29.3 Å². The highest BCUT2D eigenvalue weighted by molar-refractivity contribution is 7.98. The van der Waals surface area contributed by atoms with Crippen molar-refractivity contribution in [2.75, 3.05) is 23.9 Å². The van der Waals surface area contributed by atoms with Crippen LogP contribution in [0.1, 0.15) is 18.4 Å². The summed E-state index contributed by atoms with van der Waals surface area (Å²) in [4.78, 5) is 4.29. The third kappa shape index (κ3) is 6.22. The summed E-state index contributed by atoms with van der Waals surface area (Å²) >= 11 is 1.87. The topological polar surface area (TPSA) is 50.4 Å². The number of nitrogens with two attached hydrogens (primary N) is 1. The molecule has 0 aliphatic heterocycles. The van der Waals surface area contributed by atoms with E-state index in [1.54, 1.807) is 0 Å². The molecule has 94 valence electrons. The fourth-order valence-electron chi connectivity index (χ4n) is 1.47. The van der Waals surface area contributed by atoms with Crippen molar-refractivity contribution in [2.45, 2.75) is 19.8 Å². The van der Waals surface area contributed by atoms with Gasteiger partial charge in [-0.25, -0.2) is 0 Å². The predicted octanol–water partition coefficient (Wildman–Crippen LogP) is 2.86. The van der Waals surface area contributed by atoms with Crippen molar-refractivity contribution in [1.82, 2.24) is 0 Å². The van der Waals surface area contributed by atoms with Crippen LogP contribution in [0.25, 0.3) is 0 Å². The molecule has 0 aliphatic carbocycles. The molecular formula is C13H21N3S. The number of thioether (sulfide) groups is 1. The number of guanidine groups is 1. The van der Waals surface area contributed by atoms with Crippen molar-refractivity contribution in [3.63, 3.8) is 0 Å². The molecule has 3 nitrogen and oxygen atoms in total. The second-order valence-corrected chi connectivity index (χ2v) is 4.95. The fourth-order valence-corrected chi connectivity index (χ4v) is 1.96. The lowest BCUT2D eigenvalue weighted by molar-refractivity contribution is 0.815. The van der Waals surface area contributed by atoms with Gasteiger partial charge in [-0.2, -0.15) is 11.8 Å². The molecule has 0 aromatic heterocycles. The highest BCUT2D eigenvalue weighted by Gasteiger charge is 1.94. The summed E-state index contributed by atoms with van der Waals surface area (Å²) in [5, 5.41) is 3.10. The van der Waals surface area contributed by atoms with Gasteiger partial charge in [-0.1, -0.05) is 12.1 Å². The Morgan fingerprint density at radius 1 is 1.41 bits per heavy atom. The molecule has 0 amide bonds. The largest absolute Gasteiger partial charge is 0.370 e. The number of nitrogens with zero attached hydrogens (tertiary/aromatic N) is 1. The number of anilines is 1. The number of benzene rings is 1. The van der Waals surface area contributed by atoms with Crippen LogP contribution in [-0.4, -0.2) is 24.5 Å². The summed E-state index contributed by atoms with van der Waals surface area (Å²) in [5.41, 5.74) is 8.01. The Hall–Kier alpha value is -1.16. The Bertz CT molecular complexity index is 363. The fraction of sp³-hybridized carbons (Fsp3) is 0.462. The van der Waals surface area contributed by atoms with Crippen molar-refractivity contribution < 1.29 is 0 Å². The maximum Gasteiger partial charge on any atom is 0.193 e. The van der Waals surface area contributed by atoms with Gasteiger partial charge in [0, 0.05) is 12.2 Å². The molecule has 0 aliphatic rings. The normalized spacial score (nSPS) is 11.5. The maximum atomic E-state index is 5.80. The van der Waals surface area contributed by atoms with Gasteiger partial charge in [-0.3, -0.25) is 4.99 Å². The SMILES string of the molecule is CSCCCCN=C(N)Nc1cccc(C)c1. The highest BCUT2D eigenvalue weighted by atomic mass is 32.2. The highest BCUT2D eigenvalue weighted by Crippen LogP contribution is 2.08. The summed E-state index contributed by atoms with van der Waals surface area (Å²) in [6.07, 6.45) is 4.41. The molecule has 0 atom stereocenters. The lowest BCUT2D eigenvalue weighted by Gasteiger charge is -2.06. The van der Waals surface area contributed by atoms with Gasteiger partial charge < -0.3 is 11.1 Å². The number of rotatable bonds is 6. The van der Waals surface area contributed by atoms with Crippen molar-refractivity contribution in [3.8, 4) is 0 Å². The van der Waals surface area contributed by atoms with E-state index in [1.807, 2.05) is 23.9 Å². The van der Waals surface area contributed by atoms with Crippen LogP contribution in [0.2, 0.25) is 0 Å².